The molecule has 88 valence electrons. The van der Waals surface area contributed by atoms with Crippen LogP contribution in [0.3, 0.4) is 0 Å². The third kappa shape index (κ3) is 5.11. The van der Waals surface area contributed by atoms with Crippen molar-refractivity contribution in [1.29, 1.82) is 0 Å². The molecule has 1 saturated heterocycles. The maximum atomic E-state index is 11.6. The van der Waals surface area contributed by atoms with Gasteiger partial charge in [-0.3, -0.25) is 4.79 Å². The Morgan fingerprint density at radius 1 is 1.47 bits per heavy atom. The molecule has 0 unspecified atom stereocenters. The van der Waals surface area contributed by atoms with Gasteiger partial charge in [-0.15, -0.1) is 0 Å². The molecule has 0 bridgehead atoms. The van der Waals surface area contributed by atoms with Crippen LogP contribution < -0.4 is 5.73 Å². The van der Waals surface area contributed by atoms with Gasteiger partial charge in [0.25, 0.3) is 0 Å². The maximum absolute atomic E-state index is 11.6. The Morgan fingerprint density at radius 3 is 2.60 bits per heavy atom. The molecule has 0 atom stereocenters. The number of hydrogen-bond acceptors (Lipinski definition) is 4. The number of amides is 1. The lowest BCUT2D eigenvalue weighted by Crippen LogP contribution is -2.44. The molecule has 5 heteroatoms. The second kappa shape index (κ2) is 5.44. The Labute approximate surface area is 90.5 Å². The van der Waals surface area contributed by atoms with Gasteiger partial charge in [-0.2, -0.15) is 0 Å². The van der Waals surface area contributed by atoms with Crippen molar-refractivity contribution in [2.45, 2.75) is 19.4 Å². The van der Waals surface area contributed by atoms with Crippen LogP contribution in [0, 0.1) is 0 Å². The lowest BCUT2D eigenvalue weighted by Gasteiger charge is -2.27. The summed E-state index contributed by atoms with van der Waals surface area (Å²) < 4.78 is 10.4. The van der Waals surface area contributed by atoms with E-state index in [1.807, 2.05) is 13.8 Å². The summed E-state index contributed by atoms with van der Waals surface area (Å²) in [6, 6.07) is 0. The molecular weight excluding hydrogens is 196 g/mol. The number of carbonyl (C=O) groups is 1. The van der Waals surface area contributed by atoms with E-state index in [-0.39, 0.29) is 18.1 Å². The number of nitrogens with two attached hydrogens (primary N) is 1. The molecule has 0 radical (unpaired) electrons. The Morgan fingerprint density at radius 2 is 2.07 bits per heavy atom. The summed E-state index contributed by atoms with van der Waals surface area (Å²) in [6.07, 6.45) is 0. The van der Waals surface area contributed by atoms with Crippen molar-refractivity contribution in [2.24, 2.45) is 5.73 Å². The zero-order chi connectivity index (χ0) is 11.3. The van der Waals surface area contributed by atoms with Gasteiger partial charge in [-0.25, -0.2) is 0 Å². The summed E-state index contributed by atoms with van der Waals surface area (Å²) in [5.74, 6) is 0.0163. The summed E-state index contributed by atoms with van der Waals surface area (Å²) in [4.78, 5) is 13.3. The first-order valence-electron chi connectivity index (χ1n) is 5.21. The van der Waals surface area contributed by atoms with Crippen molar-refractivity contribution in [3.05, 3.63) is 0 Å². The highest BCUT2D eigenvalue weighted by atomic mass is 16.5. The number of hydrogen-bond donors (Lipinski definition) is 1. The van der Waals surface area contributed by atoms with Gasteiger partial charge in [0.2, 0.25) is 5.91 Å². The third-order valence-corrected chi connectivity index (χ3v) is 2.06. The lowest BCUT2D eigenvalue weighted by molar-refractivity contribution is -0.140. The molecular formula is C10H20N2O3. The summed E-state index contributed by atoms with van der Waals surface area (Å²) >= 11 is 0. The first-order valence-corrected chi connectivity index (χ1v) is 5.21. The summed E-state index contributed by atoms with van der Waals surface area (Å²) in [6.45, 7) is 6.80. The van der Waals surface area contributed by atoms with E-state index in [0.717, 1.165) is 0 Å². The molecule has 0 aromatic carbocycles. The van der Waals surface area contributed by atoms with E-state index < -0.39 is 0 Å². The average molecular weight is 216 g/mol. The number of rotatable bonds is 4. The van der Waals surface area contributed by atoms with Crippen LogP contribution in [0.25, 0.3) is 0 Å². The predicted molar refractivity (Wildman–Crippen MR) is 56.5 cm³/mol. The normalized spacial score (nSPS) is 17.9. The fourth-order valence-electron chi connectivity index (χ4n) is 1.31. The zero-order valence-corrected chi connectivity index (χ0v) is 9.49. The van der Waals surface area contributed by atoms with E-state index in [4.69, 9.17) is 15.2 Å². The van der Waals surface area contributed by atoms with Gasteiger partial charge < -0.3 is 20.1 Å². The highest BCUT2D eigenvalue weighted by Gasteiger charge is 2.18. The molecule has 0 aromatic rings. The second-order valence-corrected chi connectivity index (χ2v) is 4.47. The van der Waals surface area contributed by atoms with Gasteiger partial charge in [0.1, 0.15) is 6.61 Å². The van der Waals surface area contributed by atoms with Crippen molar-refractivity contribution >= 4 is 5.91 Å². The van der Waals surface area contributed by atoms with Crippen LogP contribution in [0.1, 0.15) is 13.8 Å². The minimum atomic E-state index is -0.384. The Balaban J connectivity index is 2.17. The van der Waals surface area contributed by atoms with Gasteiger partial charge in [-0.05, 0) is 13.8 Å². The quantitative estimate of drug-likeness (QED) is 0.694. The maximum Gasteiger partial charge on any atom is 0.248 e. The third-order valence-electron chi connectivity index (χ3n) is 2.06. The molecule has 2 N–H and O–H groups in total. The van der Waals surface area contributed by atoms with Crippen LogP contribution in [-0.2, 0) is 14.3 Å². The fourth-order valence-corrected chi connectivity index (χ4v) is 1.31. The second-order valence-electron chi connectivity index (χ2n) is 4.47. The van der Waals surface area contributed by atoms with E-state index in [1.54, 1.807) is 4.90 Å². The Kier molecular flexibility index (Phi) is 4.50. The molecule has 1 amide bonds. The molecule has 0 aromatic heterocycles. The molecule has 1 rings (SSSR count). The Bertz CT molecular complexity index is 207. The van der Waals surface area contributed by atoms with Gasteiger partial charge in [-0.1, -0.05) is 0 Å². The largest absolute Gasteiger partial charge is 0.378 e. The molecule has 5 nitrogen and oxygen atoms in total. The van der Waals surface area contributed by atoms with Crippen molar-refractivity contribution in [1.82, 2.24) is 4.90 Å². The summed E-state index contributed by atoms with van der Waals surface area (Å²) in [5, 5.41) is 0. The van der Waals surface area contributed by atoms with Crippen molar-refractivity contribution in [3.63, 3.8) is 0 Å². The van der Waals surface area contributed by atoms with E-state index >= 15 is 0 Å². The van der Waals surface area contributed by atoms with E-state index in [0.29, 0.717) is 32.9 Å². The van der Waals surface area contributed by atoms with E-state index in [9.17, 15) is 4.79 Å². The zero-order valence-electron chi connectivity index (χ0n) is 9.49. The topological polar surface area (TPSA) is 64.8 Å². The number of carbonyl (C=O) groups excluding carboxylic acids is 1. The molecule has 0 spiro atoms. The molecule has 0 aliphatic carbocycles. The molecule has 1 fully saturated rings. The van der Waals surface area contributed by atoms with Crippen LogP contribution in [-0.4, -0.2) is 55.9 Å². The number of nitrogens with zero attached hydrogens (tertiary/aromatic N) is 1. The number of morpholine rings is 1. The smallest absolute Gasteiger partial charge is 0.248 e. The van der Waals surface area contributed by atoms with Gasteiger partial charge in [0.15, 0.2) is 0 Å². The van der Waals surface area contributed by atoms with Crippen LogP contribution >= 0.6 is 0 Å². The monoisotopic (exact) mass is 216 g/mol. The van der Waals surface area contributed by atoms with Crippen LogP contribution in [0.4, 0.5) is 0 Å². The van der Waals surface area contributed by atoms with Gasteiger partial charge >= 0.3 is 0 Å². The SMILES string of the molecule is CC(C)(N)COCC(=O)N1CCOCC1. The van der Waals surface area contributed by atoms with Gasteiger partial charge in [0.05, 0.1) is 19.8 Å². The Hall–Kier alpha value is -0.650. The van der Waals surface area contributed by atoms with Crippen molar-refractivity contribution in [3.8, 4) is 0 Å². The molecule has 1 aliphatic rings. The molecule has 15 heavy (non-hydrogen) atoms. The van der Waals surface area contributed by atoms with Gasteiger partial charge in [0, 0.05) is 18.6 Å². The highest BCUT2D eigenvalue weighted by molar-refractivity contribution is 5.77. The summed E-state index contributed by atoms with van der Waals surface area (Å²) in [5.41, 5.74) is 5.35. The molecule has 1 heterocycles. The molecule has 0 saturated carbocycles. The predicted octanol–water partition coefficient (Wildman–Crippen LogP) is -0.401. The van der Waals surface area contributed by atoms with E-state index in [1.165, 1.54) is 0 Å². The number of ether oxygens (including phenoxy) is 2. The standard InChI is InChI=1S/C10H20N2O3/c1-10(2,11)8-15-7-9(13)12-3-5-14-6-4-12/h3-8,11H2,1-2H3. The van der Waals surface area contributed by atoms with E-state index in [2.05, 4.69) is 0 Å². The first-order chi connectivity index (χ1) is 6.99. The fraction of sp³-hybridized carbons (Fsp3) is 0.900. The van der Waals surface area contributed by atoms with Crippen LogP contribution in [0.15, 0.2) is 0 Å². The molecule has 1 aliphatic heterocycles. The van der Waals surface area contributed by atoms with Crippen LogP contribution in [0.5, 0.6) is 0 Å². The average Bonchev–Trinajstić information content (AvgIpc) is 2.17. The highest BCUT2D eigenvalue weighted by Crippen LogP contribution is 2.00. The van der Waals surface area contributed by atoms with Crippen LogP contribution in [0.2, 0.25) is 0 Å². The van der Waals surface area contributed by atoms with Crippen molar-refractivity contribution < 1.29 is 14.3 Å². The summed E-state index contributed by atoms with van der Waals surface area (Å²) in [7, 11) is 0. The minimum Gasteiger partial charge on any atom is -0.378 e. The minimum absolute atomic E-state index is 0.0163. The first kappa shape index (κ1) is 12.4. The van der Waals surface area contributed by atoms with Crippen molar-refractivity contribution in [2.75, 3.05) is 39.5 Å². The lowest BCUT2D eigenvalue weighted by atomic mass is 10.1.